The first-order chi connectivity index (χ1) is 5.27. The Kier molecular flexibility index (Phi) is 8.48. The molecule has 0 N–H and O–H groups in total. The van der Waals surface area contributed by atoms with Gasteiger partial charge < -0.3 is 9.47 Å². The highest BCUT2D eigenvalue weighted by Crippen LogP contribution is 1.80. The quantitative estimate of drug-likeness (QED) is 0.331. The number of hydrogen-bond acceptors (Lipinski definition) is 5. The number of thiol groups is 2. The van der Waals surface area contributed by atoms with Gasteiger partial charge >= 0.3 is 0 Å². The Balaban J connectivity index is 2.90. The van der Waals surface area contributed by atoms with Gasteiger partial charge in [0.1, 0.15) is 17.5 Å². The molecule has 0 fully saturated rings. The van der Waals surface area contributed by atoms with E-state index in [0.717, 1.165) is 0 Å². The topological polar surface area (TPSA) is 52.6 Å². The Hall–Kier alpha value is 0.220. The first-order valence-corrected chi connectivity index (χ1v) is 5.15. The Morgan fingerprint density at radius 1 is 1.18 bits per heavy atom. The molecule has 4 nitrogen and oxygen atoms in total. The van der Waals surface area contributed by atoms with Crippen molar-refractivity contribution in [2.24, 2.45) is 0 Å². The second-order valence-electron chi connectivity index (χ2n) is 1.71. The summed E-state index contributed by atoms with van der Waals surface area (Å²) in [4.78, 5) is 0. The van der Waals surface area contributed by atoms with Crippen molar-refractivity contribution in [2.45, 2.75) is 0 Å². The van der Waals surface area contributed by atoms with Crippen LogP contribution in [0.5, 0.6) is 0 Å². The summed E-state index contributed by atoms with van der Waals surface area (Å²) >= 11 is 3.90. The molecule has 68 valence electrons. The van der Waals surface area contributed by atoms with Gasteiger partial charge in [-0.25, -0.2) is 8.42 Å². The van der Waals surface area contributed by atoms with E-state index >= 15 is 0 Å². The van der Waals surface area contributed by atoms with Crippen molar-refractivity contribution in [3.8, 4) is 0 Å². The molecular weight excluding hydrogens is 188 g/mol. The maximum absolute atomic E-state index is 9.99. The molecular formula is C5H12O4S2. The summed E-state index contributed by atoms with van der Waals surface area (Å²) in [5.74, 6) is 0.693. The van der Waals surface area contributed by atoms with E-state index in [1.54, 1.807) is 0 Å². The molecule has 0 saturated carbocycles. The summed E-state index contributed by atoms with van der Waals surface area (Å²) in [5.41, 5.74) is 0. The van der Waals surface area contributed by atoms with E-state index in [-0.39, 0.29) is 19.2 Å². The smallest absolute Gasteiger partial charge is 0.146 e. The van der Waals surface area contributed by atoms with E-state index in [2.05, 4.69) is 12.6 Å². The molecule has 0 aromatic carbocycles. The Labute approximate surface area is 73.2 Å². The summed E-state index contributed by atoms with van der Waals surface area (Å²) in [6.45, 7) is 0.863. The first-order valence-electron chi connectivity index (χ1n) is 3.15. The summed E-state index contributed by atoms with van der Waals surface area (Å²) in [7, 11) is -2.32. The molecule has 0 aliphatic carbocycles. The highest BCUT2D eigenvalue weighted by molar-refractivity contribution is 7.80. The average molecular weight is 200 g/mol. The average Bonchev–Trinajstić information content (AvgIpc) is 1.96. The molecule has 0 aromatic rings. The van der Waals surface area contributed by atoms with Gasteiger partial charge in [0.25, 0.3) is 0 Å². The summed E-state index contributed by atoms with van der Waals surface area (Å²) in [6.07, 6.45) is 0. The molecule has 0 bridgehead atoms. The fourth-order valence-corrected chi connectivity index (χ4v) is 0.788. The van der Waals surface area contributed by atoms with Crippen molar-refractivity contribution >= 4 is 23.3 Å². The molecule has 0 atom stereocenters. The van der Waals surface area contributed by atoms with Gasteiger partial charge in [0.15, 0.2) is 0 Å². The predicted octanol–water partition coefficient (Wildman–Crippen LogP) is -0.482. The predicted molar refractivity (Wildman–Crippen MR) is 45.8 cm³/mol. The zero-order valence-electron chi connectivity index (χ0n) is 6.06. The molecule has 0 heterocycles. The van der Waals surface area contributed by atoms with Gasteiger partial charge in [-0.1, -0.05) is 0 Å². The summed E-state index contributed by atoms with van der Waals surface area (Å²) in [6, 6.07) is 0. The molecule has 11 heavy (non-hydrogen) atoms. The van der Waals surface area contributed by atoms with Crippen molar-refractivity contribution in [3.05, 3.63) is 0 Å². The number of ether oxygens (including phenoxy) is 2. The Morgan fingerprint density at radius 2 is 1.82 bits per heavy atom. The number of rotatable bonds is 7. The van der Waals surface area contributed by atoms with Gasteiger partial charge in [-0.05, 0) is 0 Å². The van der Waals surface area contributed by atoms with Crippen LogP contribution in [-0.4, -0.2) is 39.9 Å². The third-order valence-electron chi connectivity index (χ3n) is 0.820. The lowest BCUT2D eigenvalue weighted by Gasteiger charge is -2.01. The standard InChI is InChI=1S/C5H12O4S2/c6-11(7)4-2-9-5-8-1-3-10/h10-11H,1-5H2. The second kappa shape index (κ2) is 8.32. The summed E-state index contributed by atoms with van der Waals surface area (Å²) < 4.78 is 29.7. The molecule has 0 amide bonds. The molecule has 0 spiro atoms. The molecule has 0 saturated heterocycles. The normalized spacial score (nSPS) is 10.7. The molecule has 0 aromatic heterocycles. The van der Waals surface area contributed by atoms with Gasteiger partial charge in [0, 0.05) is 5.75 Å². The second-order valence-corrected chi connectivity index (χ2v) is 3.27. The summed E-state index contributed by atoms with van der Waals surface area (Å²) in [5, 5.41) is 0. The largest absolute Gasteiger partial charge is 0.355 e. The molecule has 0 radical (unpaired) electrons. The maximum atomic E-state index is 9.99. The zero-order chi connectivity index (χ0) is 8.53. The third-order valence-corrected chi connectivity index (χ3v) is 1.55. The van der Waals surface area contributed by atoms with Crippen molar-refractivity contribution in [1.82, 2.24) is 0 Å². The Bertz CT molecular complexity index is 137. The van der Waals surface area contributed by atoms with E-state index in [0.29, 0.717) is 12.4 Å². The van der Waals surface area contributed by atoms with Crippen LogP contribution in [0, 0.1) is 0 Å². The lowest BCUT2D eigenvalue weighted by molar-refractivity contribution is -0.0427. The van der Waals surface area contributed by atoms with E-state index in [9.17, 15) is 8.42 Å². The van der Waals surface area contributed by atoms with E-state index in [1.807, 2.05) is 0 Å². The highest BCUT2D eigenvalue weighted by Gasteiger charge is 1.88. The molecule has 0 aliphatic rings. The number of hydrogen-bond donors (Lipinski definition) is 2. The highest BCUT2D eigenvalue weighted by atomic mass is 32.2. The first kappa shape index (κ1) is 11.2. The van der Waals surface area contributed by atoms with Crippen LogP contribution in [0.2, 0.25) is 0 Å². The Morgan fingerprint density at radius 3 is 2.36 bits per heavy atom. The lowest BCUT2D eigenvalue weighted by atomic mass is 10.8. The van der Waals surface area contributed by atoms with Gasteiger partial charge in [0.05, 0.1) is 19.0 Å². The SMILES string of the molecule is O=[SH](=O)CCOCOCCS. The van der Waals surface area contributed by atoms with Crippen LogP contribution < -0.4 is 0 Å². The van der Waals surface area contributed by atoms with E-state index < -0.39 is 10.7 Å². The maximum Gasteiger partial charge on any atom is 0.146 e. The van der Waals surface area contributed by atoms with Crippen LogP contribution >= 0.6 is 12.6 Å². The van der Waals surface area contributed by atoms with Crippen LogP contribution in [-0.2, 0) is 20.2 Å². The lowest BCUT2D eigenvalue weighted by Crippen LogP contribution is -2.06. The minimum atomic E-state index is -2.32. The van der Waals surface area contributed by atoms with Crippen molar-refractivity contribution in [1.29, 1.82) is 0 Å². The minimum absolute atomic E-state index is 0.0551. The monoisotopic (exact) mass is 200 g/mol. The third kappa shape index (κ3) is 10.2. The molecule has 6 heteroatoms. The fourth-order valence-electron chi connectivity index (χ4n) is 0.380. The van der Waals surface area contributed by atoms with Gasteiger partial charge in [0.2, 0.25) is 0 Å². The van der Waals surface area contributed by atoms with Gasteiger partial charge in [-0.2, -0.15) is 12.6 Å². The van der Waals surface area contributed by atoms with Crippen LogP contribution in [0.1, 0.15) is 0 Å². The van der Waals surface area contributed by atoms with E-state index in [1.165, 1.54) is 0 Å². The van der Waals surface area contributed by atoms with Crippen LogP contribution in [0.15, 0.2) is 0 Å². The van der Waals surface area contributed by atoms with Crippen LogP contribution in [0.3, 0.4) is 0 Å². The van der Waals surface area contributed by atoms with Crippen LogP contribution in [0.4, 0.5) is 0 Å². The van der Waals surface area contributed by atoms with E-state index in [4.69, 9.17) is 9.47 Å². The van der Waals surface area contributed by atoms with Crippen molar-refractivity contribution in [3.63, 3.8) is 0 Å². The molecule has 0 aliphatic heterocycles. The van der Waals surface area contributed by atoms with Crippen molar-refractivity contribution < 1.29 is 17.9 Å². The molecule has 0 rings (SSSR count). The van der Waals surface area contributed by atoms with Crippen LogP contribution in [0.25, 0.3) is 0 Å². The van der Waals surface area contributed by atoms with Gasteiger partial charge in [-0.3, -0.25) is 0 Å². The minimum Gasteiger partial charge on any atom is -0.355 e. The van der Waals surface area contributed by atoms with Gasteiger partial charge in [-0.15, -0.1) is 0 Å². The molecule has 0 unspecified atom stereocenters. The fraction of sp³-hybridized carbons (Fsp3) is 1.00. The zero-order valence-corrected chi connectivity index (χ0v) is 7.85. The van der Waals surface area contributed by atoms with Crippen molar-refractivity contribution in [2.75, 3.05) is 31.5 Å².